The molecule has 10 heteroatoms. The van der Waals surface area contributed by atoms with Crippen LogP contribution in [-0.4, -0.2) is 70.0 Å². The number of hydrogen-bond acceptors (Lipinski definition) is 8. The Hall–Kier alpha value is -4.37. The molecule has 9 nitrogen and oxygen atoms in total. The number of carbonyl (C=O) groups is 2. The predicted octanol–water partition coefficient (Wildman–Crippen LogP) is 15.5. The summed E-state index contributed by atoms with van der Waals surface area (Å²) in [5.74, 6) is -0.969. The van der Waals surface area contributed by atoms with Gasteiger partial charge < -0.3 is 27.9 Å². The standard InChI is InChI=1S/C60H94NO8P/c1-6-8-10-12-14-16-18-20-21-22-23-24-25-26-27-28-29-30-31-32-33-34-35-36-37-38-39-41-43-45-47-49-51-53-60(63)69-58(57-68-70(64,65)67-55-54-61(3,4)5)56-66-59(62)52-50-48-46-44-42-40-19-17-15-13-11-9-7-2/h8-11,14-17,20-21,23-24,26-27,29-30,32-33,35-36,38-40,42,46,48,58H,6-7,12-13,18-19,22,25,28,31,34,37,41,43-45,47,49-57H2,1-5H3/b10-8-,11-9-,16-14-,17-15-,21-20-,24-23-,27-26-,30-29-,33-32-,36-35-,39-38-,42-40-,48-46-. The quantitative estimate of drug-likeness (QED) is 0.0195. The smallest absolute Gasteiger partial charge is 0.306 e. The van der Waals surface area contributed by atoms with Gasteiger partial charge in [0.25, 0.3) is 7.82 Å². The molecular formula is C60H94NO8P. The van der Waals surface area contributed by atoms with Crippen LogP contribution in [0.2, 0.25) is 0 Å². The van der Waals surface area contributed by atoms with Crippen molar-refractivity contribution < 1.29 is 42.1 Å². The van der Waals surface area contributed by atoms with Crippen LogP contribution in [0.4, 0.5) is 0 Å². The maximum atomic E-state index is 12.7. The first kappa shape index (κ1) is 65.6. The van der Waals surface area contributed by atoms with Crippen molar-refractivity contribution in [3.63, 3.8) is 0 Å². The maximum absolute atomic E-state index is 12.7. The topological polar surface area (TPSA) is 111 Å². The van der Waals surface area contributed by atoms with Gasteiger partial charge in [0.15, 0.2) is 6.10 Å². The van der Waals surface area contributed by atoms with E-state index in [9.17, 15) is 19.0 Å². The van der Waals surface area contributed by atoms with Crippen LogP contribution in [0.15, 0.2) is 158 Å². The predicted molar refractivity (Wildman–Crippen MR) is 295 cm³/mol. The van der Waals surface area contributed by atoms with E-state index in [-0.39, 0.29) is 26.1 Å². The molecule has 0 aliphatic rings. The van der Waals surface area contributed by atoms with Gasteiger partial charge in [0.2, 0.25) is 0 Å². The Morgan fingerprint density at radius 2 is 0.800 bits per heavy atom. The molecule has 0 aromatic carbocycles. The molecule has 70 heavy (non-hydrogen) atoms. The molecule has 0 aromatic rings. The molecule has 0 aliphatic carbocycles. The Kier molecular flexibility index (Phi) is 46.5. The number of rotatable bonds is 45. The highest BCUT2D eigenvalue weighted by Crippen LogP contribution is 2.38. The summed E-state index contributed by atoms with van der Waals surface area (Å²) in [5, 5.41) is 0. The van der Waals surface area contributed by atoms with Gasteiger partial charge in [0.05, 0.1) is 27.7 Å². The molecule has 0 saturated carbocycles. The number of likely N-dealkylation sites (N-methyl/N-ethyl adjacent to an activating group) is 1. The number of unbranched alkanes of at least 4 members (excludes halogenated alkanes) is 5. The van der Waals surface area contributed by atoms with Crippen molar-refractivity contribution in [2.24, 2.45) is 0 Å². The van der Waals surface area contributed by atoms with E-state index in [4.69, 9.17) is 18.5 Å². The molecular weight excluding hydrogens is 894 g/mol. The Morgan fingerprint density at radius 1 is 0.443 bits per heavy atom. The zero-order valence-electron chi connectivity index (χ0n) is 44.1. The molecule has 0 amide bonds. The Bertz CT molecular complexity index is 1730. The average Bonchev–Trinajstić information content (AvgIpc) is 3.32. The van der Waals surface area contributed by atoms with Crippen molar-refractivity contribution in [3.8, 4) is 0 Å². The second kappa shape index (κ2) is 49.6. The molecule has 2 unspecified atom stereocenters. The van der Waals surface area contributed by atoms with Gasteiger partial charge in [-0.05, 0) is 109 Å². The molecule has 0 aliphatic heterocycles. The fourth-order valence-electron chi connectivity index (χ4n) is 6.07. The minimum atomic E-state index is -4.66. The molecule has 0 spiro atoms. The summed E-state index contributed by atoms with van der Waals surface area (Å²) in [7, 11) is 1.09. The SMILES string of the molecule is CC/C=C\C/C=C\C/C=C\C/C=C\C/C=C\C/C=C\C/C=C\C/C=C\C/C=C\CCCCCCCC(=O)OC(COC(=O)CC/C=C\C/C=C\C/C=C\C/C=C\CC)COP(=O)([O-])OCC[N+](C)(C)C. The molecule has 0 rings (SSSR count). The third kappa shape index (κ3) is 53.0. The molecule has 0 fully saturated rings. The van der Waals surface area contributed by atoms with Crippen molar-refractivity contribution >= 4 is 19.8 Å². The minimum Gasteiger partial charge on any atom is -0.756 e. The lowest BCUT2D eigenvalue weighted by Gasteiger charge is -2.28. The molecule has 0 heterocycles. The molecule has 0 bridgehead atoms. The lowest BCUT2D eigenvalue weighted by atomic mass is 10.1. The molecule has 0 N–H and O–H groups in total. The zero-order valence-corrected chi connectivity index (χ0v) is 45.0. The van der Waals surface area contributed by atoms with E-state index >= 15 is 0 Å². The van der Waals surface area contributed by atoms with Gasteiger partial charge in [0, 0.05) is 12.8 Å². The molecule has 392 valence electrons. The van der Waals surface area contributed by atoms with Crippen LogP contribution in [0.25, 0.3) is 0 Å². The summed E-state index contributed by atoms with van der Waals surface area (Å²) in [6, 6.07) is 0. The van der Waals surface area contributed by atoms with Gasteiger partial charge in [-0.15, -0.1) is 0 Å². The summed E-state index contributed by atoms with van der Waals surface area (Å²) in [6.07, 6.45) is 74.5. The fourth-order valence-corrected chi connectivity index (χ4v) is 6.80. The van der Waals surface area contributed by atoms with Crippen molar-refractivity contribution in [2.45, 2.75) is 161 Å². The highest BCUT2D eigenvalue weighted by Gasteiger charge is 2.21. The third-order valence-electron chi connectivity index (χ3n) is 10.1. The van der Waals surface area contributed by atoms with Crippen LogP contribution in [0, 0.1) is 0 Å². The highest BCUT2D eigenvalue weighted by molar-refractivity contribution is 7.45. The van der Waals surface area contributed by atoms with E-state index in [1.165, 1.54) is 0 Å². The Labute approximate surface area is 426 Å². The van der Waals surface area contributed by atoms with Crippen LogP contribution in [-0.2, 0) is 32.7 Å². The summed E-state index contributed by atoms with van der Waals surface area (Å²) < 4.78 is 33.9. The second-order valence-corrected chi connectivity index (χ2v) is 19.2. The number of esters is 2. The van der Waals surface area contributed by atoms with Gasteiger partial charge in [-0.25, -0.2) is 0 Å². The number of allylic oxidation sites excluding steroid dienone is 26. The Balaban J connectivity index is 4.31. The minimum absolute atomic E-state index is 0.0552. The van der Waals surface area contributed by atoms with E-state index in [0.717, 1.165) is 116 Å². The van der Waals surface area contributed by atoms with E-state index in [1.807, 2.05) is 33.3 Å². The lowest BCUT2D eigenvalue weighted by Crippen LogP contribution is -2.37. The number of phosphoric ester groups is 1. The van der Waals surface area contributed by atoms with Gasteiger partial charge in [-0.3, -0.25) is 14.2 Å². The maximum Gasteiger partial charge on any atom is 0.306 e. The number of quaternary nitrogens is 1. The third-order valence-corrected chi connectivity index (χ3v) is 11.0. The van der Waals surface area contributed by atoms with Gasteiger partial charge in [-0.1, -0.05) is 191 Å². The van der Waals surface area contributed by atoms with Crippen molar-refractivity contribution in [2.75, 3.05) is 47.5 Å². The molecule has 0 aromatic heterocycles. The van der Waals surface area contributed by atoms with Crippen LogP contribution in [0.3, 0.4) is 0 Å². The summed E-state index contributed by atoms with van der Waals surface area (Å²) >= 11 is 0. The average molecular weight is 988 g/mol. The number of nitrogens with zero attached hydrogens (tertiary/aromatic N) is 1. The first-order chi connectivity index (χ1) is 34.0. The summed E-state index contributed by atoms with van der Waals surface area (Å²) in [6.45, 7) is 3.85. The first-order valence-electron chi connectivity index (χ1n) is 26.2. The van der Waals surface area contributed by atoms with E-state index in [1.54, 1.807) is 0 Å². The van der Waals surface area contributed by atoms with Crippen molar-refractivity contribution in [3.05, 3.63) is 158 Å². The Morgan fingerprint density at radius 3 is 1.20 bits per heavy atom. The first-order valence-corrected chi connectivity index (χ1v) is 27.7. The van der Waals surface area contributed by atoms with Gasteiger partial charge in [-0.2, -0.15) is 0 Å². The number of hydrogen-bond donors (Lipinski definition) is 0. The monoisotopic (exact) mass is 988 g/mol. The van der Waals surface area contributed by atoms with Crippen LogP contribution in [0.5, 0.6) is 0 Å². The highest BCUT2D eigenvalue weighted by atomic mass is 31.2. The van der Waals surface area contributed by atoms with E-state index in [2.05, 4.69) is 160 Å². The van der Waals surface area contributed by atoms with Crippen molar-refractivity contribution in [1.82, 2.24) is 0 Å². The van der Waals surface area contributed by atoms with E-state index in [0.29, 0.717) is 23.9 Å². The number of carbonyl (C=O) groups excluding carboxylic acids is 2. The number of phosphoric acid groups is 1. The normalized spacial score (nSPS) is 14.7. The molecule has 2 atom stereocenters. The summed E-state index contributed by atoms with van der Waals surface area (Å²) in [4.78, 5) is 37.6. The van der Waals surface area contributed by atoms with Crippen molar-refractivity contribution in [1.29, 1.82) is 0 Å². The van der Waals surface area contributed by atoms with Crippen LogP contribution >= 0.6 is 7.82 Å². The van der Waals surface area contributed by atoms with Gasteiger partial charge >= 0.3 is 11.9 Å². The summed E-state index contributed by atoms with van der Waals surface area (Å²) in [5.41, 5.74) is 0. The zero-order chi connectivity index (χ0) is 51.3. The van der Waals surface area contributed by atoms with Crippen LogP contribution < -0.4 is 4.89 Å². The van der Waals surface area contributed by atoms with Crippen LogP contribution in [0.1, 0.15) is 155 Å². The van der Waals surface area contributed by atoms with E-state index < -0.39 is 32.5 Å². The second-order valence-electron chi connectivity index (χ2n) is 17.8. The van der Waals surface area contributed by atoms with Gasteiger partial charge in [0.1, 0.15) is 19.8 Å². The fraction of sp³-hybridized carbons (Fsp3) is 0.533. The lowest BCUT2D eigenvalue weighted by molar-refractivity contribution is -0.870. The number of ether oxygens (including phenoxy) is 2. The molecule has 0 saturated heterocycles. The molecule has 0 radical (unpaired) electrons. The largest absolute Gasteiger partial charge is 0.756 e.